The van der Waals surface area contributed by atoms with Crippen LogP contribution in [-0.4, -0.2) is 53.4 Å². The predicted molar refractivity (Wildman–Crippen MR) is 99.2 cm³/mol. The lowest BCUT2D eigenvalue weighted by atomic mass is 9.94. The van der Waals surface area contributed by atoms with Crippen molar-refractivity contribution in [1.82, 2.24) is 9.47 Å². The zero-order chi connectivity index (χ0) is 17.7. The van der Waals surface area contributed by atoms with Gasteiger partial charge in [0.25, 0.3) is 5.91 Å². The number of rotatable bonds is 4. The number of fused-ring (bicyclic) bond motifs is 2. The molecule has 26 heavy (non-hydrogen) atoms. The summed E-state index contributed by atoms with van der Waals surface area (Å²) in [6, 6.07) is 8.25. The first-order valence-corrected chi connectivity index (χ1v) is 9.80. The Labute approximate surface area is 153 Å². The molecule has 2 aliphatic heterocycles. The summed E-state index contributed by atoms with van der Waals surface area (Å²) in [5.41, 5.74) is 1.89. The van der Waals surface area contributed by atoms with Crippen LogP contribution in [0.3, 0.4) is 0 Å². The van der Waals surface area contributed by atoms with Crippen molar-refractivity contribution in [2.24, 2.45) is 13.0 Å². The van der Waals surface area contributed by atoms with E-state index in [1.165, 1.54) is 12.8 Å². The number of ether oxygens (including phenoxy) is 2. The maximum Gasteiger partial charge on any atom is 0.256 e. The Bertz CT molecular complexity index is 826. The highest BCUT2D eigenvalue weighted by atomic mass is 16.5. The highest BCUT2D eigenvalue weighted by Crippen LogP contribution is 2.35. The van der Waals surface area contributed by atoms with Crippen molar-refractivity contribution >= 4 is 16.8 Å². The Morgan fingerprint density at radius 3 is 2.92 bits per heavy atom. The van der Waals surface area contributed by atoms with E-state index < -0.39 is 0 Å². The van der Waals surface area contributed by atoms with Gasteiger partial charge in [-0.15, -0.1) is 0 Å². The molecule has 2 aromatic rings. The molecule has 0 N–H and O–H groups in total. The van der Waals surface area contributed by atoms with Crippen molar-refractivity contribution in [2.75, 3.05) is 19.8 Å². The Morgan fingerprint density at radius 2 is 2.08 bits per heavy atom. The maximum atomic E-state index is 13.4. The van der Waals surface area contributed by atoms with E-state index in [0.29, 0.717) is 0 Å². The van der Waals surface area contributed by atoms with E-state index in [0.717, 1.165) is 55.0 Å². The molecule has 5 rings (SSSR count). The molecule has 1 aromatic carbocycles. The van der Waals surface area contributed by atoms with Crippen molar-refractivity contribution in [1.29, 1.82) is 0 Å². The molecule has 3 atom stereocenters. The maximum absolute atomic E-state index is 13.4. The van der Waals surface area contributed by atoms with Crippen LogP contribution in [0.2, 0.25) is 0 Å². The topological polar surface area (TPSA) is 43.7 Å². The van der Waals surface area contributed by atoms with Crippen molar-refractivity contribution < 1.29 is 14.3 Å². The van der Waals surface area contributed by atoms with Gasteiger partial charge in [0.15, 0.2) is 0 Å². The lowest BCUT2D eigenvalue weighted by Crippen LogP contribution is -2.55. The summed E-state index contributed by atoms with van der Waals surface area (Å²) < 4.78 is 14.2. The first-order chi connectivity index (χ1) is 12.7. The van der Waals surface area contributed by atoms with Crippen molar-refractivity contribution in [3.63, 3.8) is 0 Å². The molecule has 3 fully saturated rings. The highest BCUT2D eigenvalue weighted by Gasteiger charge is 2.45. The molecule has 138 valence electrons. The second-order valence-corrected chi connectivity index (χ2v) is 7.96. The molecule has 1 aliphatic carbocycles. The van der Waals surface area contributed by atoms with Gasteiger partial charge in [0.05, 0.1) is 17.7 Å². The second kappa shape index (κ2) is 6.39. The summed E-state index contributed by atoms with van der Waals surface area (Å²) in [5.74, 6) is 0.883. The van der Waals surface area contributed by atoms with Crippen molar-refractivity contribution in [3.05, 3.63) is 36.0 Å². The normalized spacial score (nSPS) is 28.5. The number of para-hydroxylation sites is 1. The van der Waals surface area contributed by atoms with E-state index in [4.69, 9.17) is 9.47 Å². The molecular formula is C21H26N2O3. The second-order valence-electron chi connectivity index (χ2n) is 7.96. The average Bonchev–Trinajstić information content (AvgIpc) is 3.25. The Hall–Kier alpha value is -1.85. The summed E-state index contributed by atoms with van der Waals surface area (Å²) >= 11 is 0. The number of benzene rings is 1. The van der Waals surface area contributed by atoms with Gasteiger partial charge in [-0.1, -0.05) is 18.2 Å². The Balaban J connectivity index is 1.38. The van der Waals surface area contributed by atoms with Gasteiger partial charge in [-0.25, -0.2) is 0 Å². The lowest BCUT2D eigenvalue weighted by Gasteiger charge is -2.41. The number of hydrogen-bond acceptors (Lipinski definition) is 3. The summed E-state index contributed by atoms with van der Waals surface area (Å²) in [6.07, 6.45) is 6.50. The molecule has 3 heterocycles. The third-order valence-corrected chi connectivity index (χ3v) is 6.16. The molecule has 5 heteroatoms. The number of amides is 1. The third-order valence-electron chi connectivity index (χ3n) is 6.16. The summed E-state index contributed by atoms with van der Waals surface area (Å²) in [5, 5.41) is 1.03. The van der Waals surface area contributed by atoms with Gasteiger partial charge in [0, 0.05) is 43.9 Å². The molecule has 1 aromatic heterocycles. The third kappa shape index (κ3) is 2.74. The molecule has 0 spiro atoms. The van der Waals surface area contributed by atoms with Crippen LogP contribution in [0.25, 0.3) is 10.9 Å². The van der Waals surface area contributed by atoms with Gasteiger partial charge < -0.3 is 18.9 Å². The first kappa shape index (κ1) is 16.3. The number of piperidine rings is 1. The number of hydrogen-bond donors (Lipinski definition) is 0. The number of carbonyl (C=O) groups is 1. The number of carbonyl (C=O) groups excluding carboxylic acids is 1. The first-order valence-electron chi connectivity index (χ1n) is 9.80. The van der Waals surface area contributed by atoms with Gasteiger partial charge in [-0.05, 0) is 37.7 Å². The SMILES string of the molecule is Cn1cc(C(=O)N2CC[C@@H](OCC3CC3)[C@H]3OCC[C@@H]32)c2ccccc21. The van der Waals surface area contributed by atoms with Crippen LogP contribution in [0, 0.1) is 5.92 Å². The summed E-state index contributed by atoms with van der Waals surface area (Å²) in [4.78, 5) is 15.4. The van der Waals surface area contributed by atoms with Crippen LogP contribution < -0.4 is 0 Å². The van der Waals surface area contributed by atoms with E-state index in [1.54, 1.807) is 0 Å². The summed E-state index contributed by atoms with van der Waals surface area (Å²) in [6.45, 7) is 2.33. The Kier molecular flexibility index (Phi) is 4.02. The monoisotopic (exact) mass is 354 g/mol. The smallest absolute Gasteiger partial charge is 0.256 e. The molecular weight excluding hydrogens is 328 g/mol. The largest absolute Gasteiger partial charge is 0.375 e. The molecule has 5 nitrogen and oxygen atoms in total. The molecule has 2 saturated heterocycles. The van der Waals surface area contributed by atoms with Gasteiger partial charge in [0.1, 0.15) is 6.10 Å². The van der Waals surface area contributed by atoms with Crippen LogP contribution in [-0.2, 0) is 16.5 Å². The molecule has 1 amide bonds. The molecule has 0 unspecified atom stereocenters. The van der Waals surface area contributed by atoms with Crippen LogP contribution in [0.1, 0.15) is 36.0 Å². The van der Waals surface area contributed by atoms with E-state index >= 15 is 0 Å². The average molecular weight is 354 g/mol. The Morgan fingerprint density at radius 1 is 1.23 bits per heavy atom. The van der Waals surface area contributed by atoms with Gasteiger partial charge in [0.2, 0.25) is 0 Å². The van der Waals surface area contributed by atoms with Gasteiger partial charge in [-0.2, -0.15) is 0 Å². The number of aromatic nitrogens is 1. The molecule has 0 radical (unpaired) electrons. The zero-order valence-electron chi connectivity index (χ0n) is 15.3. The quantitative estimate of drug-likeness (QED) is 0.848. The van der Waals surface area contributed by atoms with Gasteiger partial charge in [-0.3, -0.25) is 4.79 Å². The van der Waals surface area contributed by atoms with E-state index in [1.807, 2.05) is 40.9 Å². The standard InChI is InChI=1S/C21H26N2O3/c1-22-12-16(15-4-2-3-5-17(15)22)21(24)23-10-8-19(26-13-14-6-7-14)20-18(23)9-11-25-20/h2-5,12,14,18-20H,6-11,13H2,1H3/t18-,19+,20-/m0/s1. The fraction of sp³-hybridized carbons (Fsp3) is 0.571. The zero-order valence-corrected chi connectivity index (χ0v) is 15.3. The predicted octanol–water partition coefficient (Wildman–Crippen LogP) is 2.98. The van der Waals surface area contributed by atoms with E-state index in [-0.39, 0.29) is 24.2 Å². The lowest BCUT2D eigenvalue weighted by molar-refractivity contribution is -0.0936. The number of likely N-dealkylation sites (tertiary alicyclic amines) is 1. The highest BCUT2D eigenvalue weighted by molar-refractivity contribution is 6.07. The van der Waals surface area contributed by atoms with Crippen LogP contribution in [0.5, 0.6) is 0 Å². The van der Waals surface area contributed by atoms with Gasteiger partial charge >= 0.3 is 0 Å². The van der Waals surface area contributed by atoms with Crippen LogP contribution >= 0.6 is 0 Å². The minimum atomic E-state index is 0.0291. The van der Waals surface area contributed by atoms with Crippen LogP contribution in [0.4, 0.5) is 0 Å². The van der Waals surface area contributed by atoms with Crippen molar-refractivity contribution in [3.8, 4) is 0 Å². The minimum absolute atomic E-state index is 0.0291. The van der Waals surface area contributed by atoms with E-state index in [9.17, 15) is 4.79 Å². The number of aryl methyl sites for hydroxylation is 1. The van der Waals surface area contributed by atoms with Crippen LogP contribution in [0.15, 0.2) is 30.5 Å². The molecule has 0 bridgehead atoms. The van der Waals surface area contributed by atoms with E-state index in [2.05, 4.69) is 6.07 Å². The number of nitrogens with zero attached hydrogens (tertiary/aromatic N) is 2. The summed E-state index contributed by atoms with van der Waals surface area (Å²) in [7, 11) is 2.00. The minimum Gasteiger partial charge on any atom is -0.375 e. The molecule has 3 aliphatic rings. The fourth-order valence-electron chi connectivity index (χ4n) is 4.53. The van der Waals surface area contributed by atoms with Crippen molar-refractivity contribution in [2.45, 2.75) is 43.9 Å². The fourth-order valence-corrected chi connectivity index (χ4v) is 4.53. The molecule has 1 saturated carbocycles.